The van der Waals surface area contributed by atoms with Crippen LogP contribution in [-0.2, 0) is 12.1 Å². The number of hydrogen-bond donors (Lipinski definition) is 3. The van der Waals surface area contributed by atoms with Crippen molar-refractivity contribution in [3.8, 4) is 11.5 Å². The molecular weight excluding hydrogens is 312 g/mol. The highest BCUT2D eigenvalue weighted by molar-refractivity contribution is 5.74. The lowest BCUT2D eigenvalue weighted by Gasteiger charge is -2.21. The second-order valence-corrected chi connectivity index (χ2v) is 5.48. The number of carbonyl (C=O) groups excluding carboxylic acids is 1. The van der Waals surface area contributed by atoms with Crippen molar-refractivity contribution < 1.29 is 23.8 Å². The Morgan fingerprint density at radius 1 is 1.21 bits per heavy atom. The second-order valence-electron chi connectivity index (χ2n) is 5.48. The highest BCUT2D eigenvalue weighted by atomic mass is 16.5. The smallest absolute Gasteiger partial charge is 0.315 e. The molecular formula is C17H22N2O5. The van der Waals surface area contributed by atoms with E-state index < -0.39 is 11.6 Å². The van der Waals surface area contributed by atoms with Crippen molar-refractivity contribution in [3.63, 3.8) is 0 Å². The molecule has 1 atom stereocenters. The topological polar surface area (TPSA) is 93.0 Å². The van der Waals surface area contributed by atoms with Crippen LogP contribution in [-0.4, -0.2) is 31.9 Å². The molecule has 0 unspecified atom stereocenters. The van der Waals surface area contributed by atoms with Gasteiger partial charge in [-0.15, -0.1) is 0 Å². The van der Waals surface area contributed by atoms with E-state index in [0.29, 0.717) is 23.8 Å². The van der Waals surface area contributed by atoms with Crippen molar-refractivity contribution in [1.29, 1.82) is 0 Å². The van der Waals surface area contributed by atoms with Crippen LogP contribution in [0.25, 0.3) is 0 Å². The largest absolute Gasteiger partial charge is 0.493 e. The van der Waals surface area contributed by atoms with Crippen LogP contribution < -0.4 is 20.1 Å². The summed E-state index contributed by atoms with van der Waals surface area (Å²) >= 11 is 0. The first-order valence-electron chi connectivity index (χ1n) is 7.45. The van der Waals surface area contributed by atoms with Crippen LogP contribution in [0, 0.1) is 0 Å². The quantitative estimate of drug-likeness (QED) is 0.720. The van der Waals surface area contributed by atoms with E-state index in [4.69, 9.17) is 13.9 Å². The number of furan rings is 1. The van der Waals surface area contributed by atoms with Gasteiger partial charge in [0.1, 0.15) is 11.4 Å². The third-order valence-corrected chi connectivity index (χ3v) is 3.55. The van der Waals surface area contributed by atoms with E-state index in [1.54, 1.807) is 45.4 Å². The summed E-state index contributed by atoms with van der Waals surface area (Å²) in [4.78, 5) is 11.9. The summed E-state index contributed by atoms with van der Waals surface area (Å²) in [5.41, 5.74) is -0.412. The van der Waals surface area contributed by atoms with Gasteiger partial charge in [0.2, 0.25) is 0 Å². The average Bonchev–Trinajstić information content (AvgIpc) is 3.13. The first kappa shape index (κ1) is 17.7. The molecule has 130 valence electrons. The minimum absolute atomic E-state index is 0.0261. The zero-order chi connectivity index (χ0) is 17.6. The third-order valence-electron chi connectivity index (χ3n) is 3.55. The molecule has 2 aromatic rings. The predicted octanol–water partition coefficient (Wildman–Crippen LogP) is 2.00. The standard InChI is InChI=1S/C17H22N2O5/c1-17(21,15-5-4-8-24-15)11-19-16(20)18-10-12-6-7-13(22-2)14(9-12)23-3/h4-9,21H,10-11H2,1-3H3,(H2,18,19,20)/t17-/m0/s1. The molecule has 0 bridgehead atoms. The molecule has 24 heavy (non-hydrogen) atoms. The van der Waals surface area contributed by atoms with E-state index in [9.17, 15) is 9.90 Å². The second kappa shape index (κ2) is 7.74. The molecule has 0 saturated carbocycles. The minimum atomic E-state index is -1.27. The maximum absolute atomic E-state index is 11.9. The molecule has 0 saturated heterocycles. The molecule has 3 N–H and O–H groups in total. The van der Waals surface area contributed by atoms with E-state index in [0.717, 1.165) is 5.56 Å². The Morgan fingerprint density at radius 2 is 1.96 bits per heavy atom. The summed E-state index contributed by atoms with van der Waals surface area (Å²) in [6.45, 7) is 1.91. The number of amides is 2. The molecule has 0 aliphatic heterocycles. The van der Waals surface area contributed by atoms with Crippen LogP contribution in [0.1, 0.15) is 18.2 Å². The number of benzene rings is 1. The molecule has 0 spiro atoms. The molecule has 0 radical (unpaired) electrons. The highest BCUT2D eigenvalue weighted by Crippen LogP contribution is 2.27. The van der Waals surface area contributed by atoms with Crippen LogP contribution >= 0.6 is 0 Å². The zero-order valence-electron chi connectivity index (χ0n) is 14.0. The number of nitrogens with one attached hydrogen (secondary N) is 2. The Hall–Kier alpha value is -2.67. The summed E-state index contributed by atoms with van der Waals surface area (Å²) in [5, 5.41) is 15.6. The number of urea groups is 1. The van der Waals surface area contributed by atoms with Crippen molar-refractivity contribution in [1.82, 2.24) is 10.6 Å². The maximum Gasteiger partial charge on any atom is 0.315 e. The predicted molar refractivity (Wildman–Crippen MR) is 88.1 cm³/mol. The van der Waals surface area contributed by atoms with Crippen LogP contribution in [0.3, 0.4) is 0 Å². The Labute approximate surface area is 140 Å². The SMILES string of the molecule is COc1ccc(CNC(=O)NC[C@](C)(O)c2ccco2)cc1OC. The van der Waals surface area contributed by atoms with Crippen LogP contribution in [0.15, 0.2) is 41.0 Å². The van der Waals surface area contributed by atoms with Gasteiger partial charge in [0.05, 0.1) is 27.0 Å². The molecule has 2 amide bonds. The van der Waals surface area contributed by atoms with Crippen LogP contribution in [0.2, 0.25) is 0 Å². The molecule has 7 heteroatoms. The first-order valence-corrected chi connectivity index (χ1v) is 7.45. The van der Waals surface area contributed by atoms with Crippen molar-refractivity contribution in [2.24, 2.45) is 0 Å². The van der Waals surface area contributed by atoms with E-state index in [1.165, 1.54) is 6.26 Å². The van der Waals surface area contributed by atoms with Gasteiger partial charge in [-0.25, -0.2) is 4.79 Å². The van der Waals surface area contributed by atoms with E-state index >= 15 is 0 Å². The zero-order valence-corrected chi connectivity index (χ0v) is 14.0. The Kier molecular flexibility index (Phi) is 5.70. The average molecular weight is 334 g/mol. The fourth-order valence-corrected chi connectivity index (χ4v) is 2.16. The molecule has 1 heterocycles. The number of carbonyl (C=O) groups is 1. The lowest BCUT2D eigenvalue weighted by atomic mass is 10.0. The van der Waals surface area contributed by atoms with Gasteiger partial charge in [-0.3, -0.25) is 0 Å². The van der Waals surface area contributed by atoms with Gasteiger partial charge in [0.25, 0.3) is 0 Å². The Bertz CT molecular complexity index is 668. The minimum Gasteiger partial charge on any atom is -0.493 e. The van der Waals surface area contributed by atoms with Crippen molar-refractivity contribution in [2.45, 2.75) is 19.1 Å². The number of aliphatic hydroxyl groups is 1. The van der Waals surface area contributed by atoms with E-state index in [-0.39, 0.29) is 6.54 Å². The molecule has 0 aliphatic rings. The van der Waals surface area contributed by atoms with Crippen molar-refractivity contribution >= 4 is 6.03 Å². The van der Waals surface area contributed by atoms with Gasteiger partial charge in [-0.2, -0.15) is 0 Å². The van der Waals surface area contributed by atoms with E-state index in [1.807, 2.05) is 6.07 Å². The lowest BCUT2D eigenvalue weighted by molar-refractivity contribution is 0.0367. The maximum atomic E-state index is 11.9. The normalized spacial score (nSPS) is 13.0. The lowest BCUT2D eigenvalue weighted by Crippen LogP contribution is -2.43. The number of hydrogen-bond acceptors (Lipinski definition) is 5. The van der Waals surface area contributed by atoms with Crippen molar-refractivity contribution in [3.05, 3.63) is 47.9 Å². The fraction of sp³-hybridized carbons (Fsp3) is 0.353. The van der Waals surface area contributed by atoms with Gasteiger partial charge in [0, 0.05) is 6.54 Å². The first-order chi connectivity index (χ1) is 11.5. The fourth-order valence-electron chi connectivity index (χ4n) is 2.16. The van der Waals surface area contributed by atoms with E-state index in [2.05, 4.69) is 10.6 Å². The summed E-state index contributed by atoms with van der Waals surface area (Å²) in [7, 11) is 3.12. The molecule has 0 aliphatic carbocycles. The van der Waals surface area contributed by atoms with Gasteiger partial charge in [-0.05, 0) is 36.8 Å². The van der Waals surface area contributed by atoms with Gasteiger partial charge >= 0.3 is 6.03 Å². The van der Waals surface area contributed by atoms with Gasteiger partial charge < -0.3 is 29.6 Å². The van der Waals surface area contributed by atoms with Gasteiger partial charge in [-0.1, -0.05) is 6.07 Å². The highest BCUT2D eigenvalue weighted by Gasteiger charge is 2.26. The Morgan fingerprint density at radius 3 is 2.58 bits per heavy atom. The van der Waals surface area contributed by atoms with Crippen LogP contribution in [0.4, 0.5) is 4.79 Å². The number of rotatable bonds is 7. The summed E-state index contributed by atoms with van der Waals surface area (Å²) in [6.07, 6.45) is 1.47. The van der Waals surface area contributed by atoms with Crippen molar-refractivity contribution in [2.75, 3.05) is 20.8 Å². The third kappa shape index (κ3) is 4.42. The van der Waals surface area contributed by atoms with Crippen LogP contribution in [0.5, 0.6) is 11.5 Å². The summed E-state index contributed by atoms with van der Waals surface area (Å²) < 4.78 is 15.5. The molecule has 2 rings (SSSR count). The Balaban J connectivity index is 1.85. The molecule has 1 aromatic heterocycles. The summed E-state index contributed by atoms with van der Waals surface area (Å²) in [6, 6.07) is 8.34. The number of ether oxygens (including phenoxy) is 2. The monoisotopic (exact) mass is 334 g/mol. The number of methoxy groups -OCH3 is 2. The molecule has 1 aromatic carbocycles. The molecule has 7 nitrogen and oxygen atoms in total. The molecule has 0 fully saturated rings. The van der Waals surface area contributed by atoms with Gasteiger partial charge in [0.15, 0.2) is 11.5 Å². The summed E-state index contributed by atoms with van der Waals surface area (Å²) in [5.74, 6) is 1.61.